The van der Waals surface area contributed by atoms with Crippen LogP contribution in [0.5, 0.6) is 0 Å². The van der Waals surface area contributed by atoms with E-state index in [1.54, 1.807) is 0 Å². The molecule has 0 bridgehead atoms. The van der Waals surface area contributed by atoms with E-state index in [0.717, 1.165) is 11.4 Å². The molecule has 0 unspecified atom stereocenters. The van der Waals surface area contributed by atoms with Crippen molar-refractivity contribution in [1.29, 1.82) is 0 Å². The minimum Gasteiger partial charge on any atom is -0.309 e. The van der Waals surface area contributed by atoms with Crippen LogP contribution in [0.3, 0.4) is 0 Å². The van der Waals surface area contributed by atoms with E-state index >= 15 is 0 Å². The molecule has 9 aromatic carbocycles. The first-order valence-corrected chi connectivity index (χ1v) is 20.3. The van der Waals surface area contributed by atoms with Crippen molar-refractivity contribution in [3.8, 4) is 44.8 Å². The number of fused-ring (bicyclic) bond motifs is 10. The molecule has 2 nitrogen and oxygen atoms in total. The lowest BCUT2D eigenvalue weighted by Gasteiger charge is -2.11. The van der Waals surface area contributed by atoms with Crippen molar-refractivity contribution in [3.05, 3.63) is 206 Å². The monoisotopic (exact) mass is 742 g/mol. The fraction of sp³-hybridized carbons (Fsp3) is 0. The summed E-state index contributed by atoms with van der Waals surface area (Å²) in [6, 6.07) is 75.6. The summed E-state index contributed by atoms with van der Waals surface area (Å²) in [7, 11) is 0. The summed E-state index contributed by atoms with van der Waals surface area (Å²) in [5, 5.41) is 7.73. The Kier molecular flexibility index (Phi) is 7.13. The second kappa shape index (κ2) is 12.7. The quantitative estimate of drug-likeness (QED) is 0.166. The Balaban J connectivity index is 1.06. The third kappa shape index (κ3) is 5.03. The first-order valence-electron chi connectivity index (χ1n) is 19.5. The van der Waals surface area contributed by atoms with E-state index in [4.69, 9.17) is 0 Å². The van der Waals surface area contributed by atoms with Gasteiger partial charge in [0.15, 0.2) is 0 Å². The summed E-state index contributed by atoms with van der Waals surface area (Å²) in [6.07, 6.45) is 0. The Morgan fingerprint density at radius 3 is 1.56 bits per heavy atom. The molecule has 0 aliphatic heterocycles. The van der Waals surface area contributed by atoms with Crippen LogP contribution in [0.4, 0.5) is 0 Å². The zero-order chi connectivity index (χ0) is 37.5. The van der Waals surface area contributed by atoms with E-state index in [9.17, 15) is 0 Å². The maximum Gasteiger partial charge on any atom is 0.0548 e. The molecule has 3 heteroatoms. The lowest BCUT2D eigenvalue weighted by Crippen LogP contribution is -1.94. The Bertz CT molecular complexity index is 3490. The lowest BCUT2D eigenvalue weighted by atomic mass is 9.99. The van der Waals surface area contributed by atoms with Crippen LogP contribution in [-0.4, -0.2) is 9.13 Å². The molecule has 0 aliphatic rings. The molecule has 0 N–H and O–H groups in total. The standard InChI is InChI=1S/C54H34N2S/c1-3-12-35(13-4-1)37-22-26-41(27-23-37)55-47-20-9-7-18-43(47)45-33-39(24-28-48(45)55)40-25-29-49-46(34-40)53-50(30-31-52-54(53)44-19-8-10-21-51(44)57-52)56(49)42-17-11-16-38(32-42)36-14-5-2-6-15-36/h1-34H. The number of thiophene rings is 1. The second-order valence-corrected chi connectivity index (χ2v) is 16.0. The van der Waals surface area contributed by atoms with Crippen LogP contribution in [0.25, 0.3) is 109 Å². The Labute approximate surface area is 333 Å². The predicted molar refractivity (Wildman–Crippen MR) is 244 cm³/mol. The molecular formula is C54H34N2S. The molecule has 266 valence electrons. The molecule has 57 heavy (non-hydrogen) atoms. The number of hydrogen-bond acceptors (Lipinski definition) is 1. The highest BCUT2D eigenvalue weighted by atomic mass is 32.1. The van der Waals surface area contributed by atoms with Crippen LogP contribution in [0.1, 0.15) is 0 Å². The molecule has 0 saturated carbocycles. The van der Waals surface area contributed by atoms with Gasteiger partial charge in [-0.05, 0) is 106 Å². The van der Waals surface area contributed by atoms with Gasteiger partial charge in [-0.2, -0.15) is 0 Å². The fourth-order valence-electron chi connectivity index (χ4n) is 9.10. The molecule has 0 fully saturated rings. The van der Waals surface area contributed by atoms with Gasteiger partial charge < -0.3 is 9.13 Å². The summed E-state index contributed by atoms with van der Waals surface area (Å²) in [5.74, 6) is 0. The Morgan fingerprint density at radius 1 is 0.263 bits per heavy atom. The van der Waals surface area contributed by atoms with Crippen LogP contribution in [0.15, 0.2) is 206 Å². The van der Waals surface area contributed by atoms with Crippen molar-refractivity contribution in [2.45, 2.75) is 0 Å². The molecule has 3 aromatic heterocycles. The largest absolute Gasteiger partial charge is 0.309 e. The zero-order valence-corrected chi connectivity index (χ0v) is 31.7. The molecule has 0 radical (unpaired) electrons. The SMILES string of the molecule is c1ccc(-c2ccc(-n3c4ccccc4c4cc(-c5ccc6c(c5)c5c7c(ccc5n6-c5cccc(-c6ccccc6)c5)sc5ccccc57)ccc43)cc2)cc1. The van der Waals surface area contributed by atoms with Gasteiger partial charge in [0.2, 0.25) is 0 Å². The molecule has 0 saturated heterocycles. The molecule has 0 spiro atoms. The van der Waals surface area contributed by atoms with Crippen molar-refractivity contribution in [2.24, 2.45) is 0 Å². The lowest BCUT2D eigenvalue weighted by molar-refractivity contribution is 1.18. The van der Waals surface area contributed by atoms with Crippen LogP contribution >= 0.6 is 11.3 Å². The van der Waals surface area contributed by atoms with Gasteiger partial charge in [-0.1, -0.05) is 133 Å². The predicted octanol–water partition coefficient (Wildman–Crippen LogP) is 15.2. The average Bonchev–Trinajstić information content (AvgIpc) is 3.94. The molecule has 0 atom stereocenters. The third-order valence-corrected chi connectivity index (χ3v) is 12.9. The Morgan fingerprint density at radius 2 is 0.789 bits per heavy atom. The van der Waals surface area contributed by atoms with Crippen molar-refractivity contribution in [1.82, 2.24) is 9.13 Å². The molecule has 0 aliphatic carbocycles. The summed E-state index contributed by atoms with van der Waals surface area (Å²) in [6.45, 7) is 0. The van der Waals surface area contributed by atoms with Crippen LogP contribution in [0.2, 0.25) is 0 Å². The molecule has 12 aromatic rings. The minimum absolute atomic E-state index is 1.16. The normalized spacial score (nSPS) is 11.9. The summed E-state index contributed by atoms with van der Waals surface area (Å²) in [5.41, 5.74) is 14.5. The van der Waals surface area contributed by atoms with Gasteiger partial charge in [0.25, 0.3) is 0 Å². The van der Waals surface area contributed by atoms with Gasteiger partial charge in [0.05, 0.1) is 22.1 Å². The van der Waals surface area contributed by atoms with Crippen molar-refractivity contribution < 1.29 is 0 Å². The number of aromatic nitrogens is 2. The van der Waals surface area contributed by atoms with Gasteiger partial charge in [0.1, 0.15) is 0 Å². The number of nitrogens with zero attached hydrogens (tertiary/aromatic N) is 2. The number of benzene rings is 9. The highest BCUT2D eigenvalue weighted by Crippen LogP contribution is 2.45. The van der Waals surface area contributed by atoms with E-state index in [1.165, 1.54) is 97.2 Å². The van der Waals surface area contributed by atoms with Gasteiger partial charge in [-0.25, -0.2) is 0 Å². The van der Waals surface area contributed by atoms with Gasteiger partial charge >= 0.3 is 0 Å². The van der Waals surface area contributed by atoms with E-state index in [1.807, 2.05) is 11.3 Å². The highest BCUT2D eigenvalue weighted by Gasteiger charge is 2.20. The highest BCUT2D eigenvalue weighted by molar-refractivity contribution is 7.26. The first-order chi connectivity index (χ1) is 28.3. The molecular weight excluding hydrogens is 709 g/mol. The topological polar surface area (TPSA) is 9.86 Å². The average molecular weight is 743 g/mol. The van der Waals surface area contributed by atoms with E-state index in [2.05, 4.69) is 215 Å². The van der Waals surface area contributed by atoms with Crippen molar-refractivity contribution in [2.75, 3.05) is 0 Å². The maximum absolute atomic E-state index is 2.46. The smallest absolute Gasteiger partial charge is 0.0548 e. The van der Waals surface area contributed by atoms with Gasteiger partial charge in [-0.15, -0.1) is 11.3 Å². The van der Waals surface area contributed by atoms with Crippen molar-refractivity contribution >= 4 is 75.1 Å². The van der Waals surface area contributed by atoms with Gasteiger partial charge in [-0.3, -0.25) is 0 Å². The van der Waals surface area contributed by atoms with Crippen molar-refractivity contribution in [3.63, 3.8) is 0 Å². The number of para-hydroxylation sites is 1. The van der Waals surface area contributed by atoms with Crippen LogP contribution in [0, 0.1) is 0 Å². The zero-order valence-electron chi connectivity index (χ0n) is 30.9. The first kappa shape index (κ1) is 32.1. The van der Waals surface area contributed by atoms with Crippen LogP contribution < -0.4 is 0 Å². The number of hydrogen-bond donors (Lipinski definition) is 0. The summed E-state index contributed by atoms with van der Waals surface area (Å²) in [4.78, 5) is 0. The van der Waals surface area contributed by atoms with E-state index in [0.29, 0.717) is 0 Å². The fourth-order valence-corrected chi connectivity index (χ4v) is 10.2. The molecule has 3 heterocycles. The Hall–Kier alpha value is -7.20. The third-order valence-electron chi connectivity index (χ3n) is 11.7. The summed E-state index contributed by atoms with van der Waals surface area (Å²) >= 11 is 1.88. The second-order valence-electron chi connectivity index (χ2n) is 14.9. The minimum atomic E-state index is 1.16. The summed E-state index contributed by atoms with van der Waals surface area (Å²) < 4.78 is 7.51. The number of rotatable bonds is 5. The maximum atomic E-state index is 2.46. The molecule has 12 rings (SSSR count). The van der Waals surface area contributed by atoms with E-state index in [-0.39, 0.29) is 0 Å². The van der Waals surface area contributed by atoms with Crippen LogP contribution in [-0.2, 0) is 0 Å². The van der Waals surface area contributed by atoms with E-state index < -0.39 is 0 Å². The molecule has 0 amide bonds. The van der Waals surface area contributed by atoms with Gasteiger partial charge in [0, 0.05) is 53.1 Å².